The molecule has 1 saturated heterocycles. The van der Waals surface area contributed by atoms with E-state index < -0.39 is 5.92 Å². The van der Waals surface area contributed by atoms with Crippen molar-refractivity contribution in [2.75, 3.05) is 0 Å². The van der Waals surface area contributed by atoms with Gasteiger partial charge >= 0.3 is 0 Å². The van der Waals surface area contributed by atoms with E-state index in [-0.39, 0.29) is 17.7 Å². The van der Waals surface area contributed by atoms with Crippen molar-refractivity contribution in [3.8, 4) is 0 Å². The number of amides is 1. The van der Waals surface area contributed by atoms with E-state index in [4.69, 9.17) is 0 Å². The number of Topliss-reactive ketones (excluding diaryl/α,β-unsaturated/α-hetero) is 1. The summed E-state index contributed by atoms with van der Waals surface area (Å²) in [7, 11) is 0. The van der Waals surface area contributed by atoms with Crippen molar-refractivity contribution in [3.05, 3.63) is 34.4 Å². The first-order valence-electron chi connectivity index (χ1n) is 7.23. The topological polar surface area (TPSA) is 46.2 Å². The zero-order valence-corrected chi connectivity index (χ0v) is 12.9. The summed E-state index contributed by atoms with van der Waals surface area (Å²) in [4.78, 5) is 24.8. The van der Waals surface area contributed by atoms with Gasteiger partial charge in [-0.15, -0.1) is 0 Å². The molecule has 1 amide bonds. The van der Waals surface area contributed by atoms with Gasteiger partial charge in [0.25, 0.3) is 0 Å². The van der Waals surface area contributed by atoms with Crippen LogP contribution in [0.5, 0.6) is 0 Å². The first-order chi connectivity index (χ1) is 9.31. The molecule has 1 aliphatic heterocycles. The van der Waals surface area contributed by atoms with E-state index in [9.17, 15) is 9.59 Å². The molecule has 0 saturated carbocycles. The minimum absolute atomic E-state index is 0.0266. The van der Waals surface area contributed by atoms with Gasteiger partial charge in [-0.3, -0.25) is 9.59 Å². The minimum Gasteiger partial charge on any atom is -0.345 e. The summed E-state index contributed by atoms with van der Waals surface area (Å²) in [5.41, 5.74) is 4.11. The Hall–Kier alpha value is -1.64. The third-order valence-corrected chi connectivity index (χ3v) is 3.94. The zero-order chi connectivity index (χ0) is 15.0. The van der Waals surface area contributed by atoms with Crippen molar-refractivity contribution in [3.63, 3.8) is 0 Å². The van der Waals surface area contributed by atoms with Crippen molar-refractivity contribution >= 4 is 11.7 Å². The molecule has 3 nitrogen and oxygen atoms in total. The second-order valence-electron chi connectivity index (χ2n) is 6.34. The molecule has 0 aliphatic carbocycles. The van der Waals surface area contributed by atoms with Gasteiger partial charge in [-0.1, -0.05) is 31.5 Å². The lowest BCUT2D eigenvalue weighted by Crippen LogP contribution is -2.30. The van der Waals surface area contributed by atoms with Crippen LogP contribution in [0.2, 0.25) is 0 Å². The van der Waals surface area contributed by atoms with Crippen LogP contribution in [-0.4, -0.2) is 17.7 Å². The summed E-state index contributed by atoms with van der Waals surface area (Å²) in [6.45, 7) is 10.1. The SMILES string of the molecule is Cc1cc(C)c(C2C(=O)NC(CC(C)C)C2=O)c(C)c1. The predicted octanol–water partition coefficient (Wildman–Crippen LogP) is 2.81. The van der Waals surface area contributed by atoms with Crippen LogP contribution in [0.25, 0.3) is 0 Å². The number of benzene rings is 1. The Morgan fingerprint density at radius 1 is 1.10 bits per heavy atom. The molecule has 2 unspecified atom stereocenters. The number of nitrogens with one attached hydrogen (secondary N) is 1. The van der Waals surface area contributed by atoms with Crippen molar-refractivity contribution in [2.24, 2.45) is 5.92 Å². The molecule has 0 bridgehead atoms. The normalized spacial score (nSPS) is 22.5. The Morgan fingerprint density at radius 3 is 2.15 bits per heavy atom. The standard InChI is InChI=1S/C17H23NO2/c1-9(2)6-13-16(19)15(17(20)18-13)14-11(4)7-10(3)8-12(14)5/h7-9,13,15H,6H2,1-5H3,(H,18,20). The van der Waals surface area contributed by atoms with Crippen molar-refractivity contribution in [1.29, 1.82) is 0 Å². The highest BCUT2D eigenvalue weighted by atomic mass is 16.2. The van der Waals surface area contributed by atoms with E-state index in [1.54, 1.807) is 0 Å². The van der Waals surface area contributed by atoms with Gasteiger partial charge in [0, 0.05) is 0 Å². The van der Waals surface area contributed by atoms with Crippen LogP contribution in [-0.2, 0) is 9.59 Å². The van der Waals surface area contributed by atoms with E-state index in [0.717, 1.165) is 22.3 Å². The molecule has 1 aromatic carbocycles. The van der Waals surface area contributed by atoms with Gasteiger partial charge in [-0.25, -0.2) is 0 Å². The highest BCUT2D eigenvalue weighted by Crippen LogP contribution is 2.31. The van der Waals surface area contributed by atoms with Gasteiger partial charge in [0.1, 0.15) is 5.92 Å². The molecule has 108 valence electrons. The zero-order valence-electron chi connectivity index (χ0n) is 12.9. The number of carbonyl (C=O) groups excluding carboxylic acids is 2. The number of rotatable bonds is 3. The van der Waals surface area contributed by atoms with Gasteiger partial charge in [0.05, 0.1) is 6.04 Å². The number of hydrogen-bond acceptors (Lipinski definition) is 2. The quantitative estimate of drug-likeness (QED) is 0.861. The summed E-state index contributed by atoms with van der Waals surface area (Å²) in [6, 6.07) is 3.75. The van der Waals surface area contributed by atoms with Gasteiger partial charge in [-0.2, -0.15) is 0 Å². The largest absolute Gasteiger partial charge is 0.345 e. The minimum atomic E-state index is -0.626. The average Bonchev–Trinajstić information content (AvgIpc) is 2.54. The molecule has 1 heterocycles. The second-order valence-corrected chi connectivity index (χ2v) is 6.34. The molecular formula is C17H23NO2. The Balaban J connectivity index is 2.39. The van der Waals surface area contributed by atoms with Crippen molar-refractivity contribution < 1.29 is 9.59 Å². The molecule has 0 aromatic heterocycles. The fraction of sp³-hybridized carbons (Fsp3) is 0.529. The third-order valence-electron chi connectivity index (χ3n) is 3.94. The number of carbonyl (C=O) groups is 2. The third kappa shape index (κ3) is 2.62. The van der Waals surface area contributed by atoms with Crippen molar-refractivity contribution in [2.45, 2.75) is 53.0 Å². The van der Waals surface area contributed by atoms with E-state index in [2.05, 4.69) is 19.2 Å². The molecule has 1 N–H and O–H groups in total. The van der Waals surface area contributed by atoms with Gasteiger partial charge in [0.2, 0.25) is 5.91 Å². The van der Waals surface area contributed by atoms with E-state index in [0.29, 0.717) is 12.3 Å². The van der Waals surface area contributed by atoms with E-state index >= 15 is 0 Å². The van der Waals surface area contributed by atoms with Crippen LogP contribution < -0.4 is 5.32 Å². The molecular weight excluding hydrogens is 250 g/mol. The molecule has 3 heteroatoms. The molecule has 0 radical (unpaired) electrons. The fourth-order valence-electron chi connectivity index (χ4n) is 3.22. The Kier molecular flexibility index (Phi) is 3.98. The van der Waals surface area contributed by atoms with Crippen LogP contribution >= 0.6 is 0 Å². The fourth-order valence-corrected chi connectivity index (χ4v) is 3.22. The summed E-state index contributed by atoms with van der Waals surface area (Å²) in [5.74, 6) is -0.350. The lowest BCUT2D eigenvalue weighted by Gasteiger charge is -2.15. The number of hydrogen-bond donors (Lipinski definition) is 1. The maximum atomic E-state index is 12.6. The van der Waals surface area contributed by atoms with Gasteiger partial charge in [-0.05, 0) is 49.8 Å². The Bertz CT molecular complexity index is 537. The molecule has 1 aliphatic rings. The molecule has 20 heavy (non-hydrogen) atoms. The highest BCUT2D eigenvalue weighted by molar-refractivity contribution is 6.15. The summed E-state index contributed by atoms with van der Waals surface area (Å²) in [5, 5.41) is 2.86. The average molecular weight is 273 g/mol. The lowest BCUT2D eigenvalue weighted by molar-refractivity contribution is -0.124. The highest BCUT2D eigenvalue weighted by Gasteiger charge is 2.42. The lowest BCUT2D eigenvalue weighted by atomic mass is 9.85. The predicted molar refractivity (Wildman–Crippen MR) is 79.8 cm³/mol. The Labute approximate surface area is 120 Å². The maximum absolute atomic E-state index is 12.6. The summed E-state index contributed by atoms with van der Waals surface area (Å²) in [6.07, 6.45) is 0.713. The number of aryl methyl sites for hydroxylation is 3. The van der Waals surface area contributed by atoms with Crippen LogP contribution in [0.15, 0.2) is 12.1 Å². The second kappa shape index (κ2) is 5.39. The molecule has 2 rings (SSSR count). The molecule has 1 aromatic rings. The van der Waals surface area contributed by atoms with Crippen LogP contribution in [0.3, 0.4) is 0 Å². The van der Waals surface area contributed by atoms with E-state index in [1.807, 2.05) is 32.9 Å². The Morgan fingerprint density at radius 2 is 1.65 bits per heavy atom. The maximum Gasteiger partial charge on any atom is 0.235 e. The molecule has 0 spiro atoms. The summed E-state index contributed by atoms with van der Waals surface area (Å²) < 4.78 is 0. The van der Waals surface area contributed by atoms with Gasteiger partial charge < -0.3 is 5.32 Å². The first kappa shape index (κ1) is 14.8. The smallest absolute Gasteiger partial charge is 0.235 e. The summed E-state index contributed by atoms with van der Waals surface area (Å²) >= 11 is 0. The monoisotopic (exact) mass is 273 g/mol. The van der Waals surface area contributed by atoms with E-state index in [1.165, 1.54) is 0 Å². The van der Waals surface area contributed by atoms with Crippen LogP contribution in [0, 0.1) is 26.7 Å². The first-order valence-corrected chi connectivity index (χ1v) is 7.23. The number of ketones is 1. The van der Waals surface area contributed by atoms with Gasteiger partial charge in [0.15, 0.2) is 5.78 Å². The van der Waals surface area contributed by atoms with Crippen molar-refractivity contribution in [1.82, 2.24) is 5.32 Å². The molecule has 1 fully saturated rings. The molecule has 2 atom stereocenters. The van der Waals surface area contributed by atoms with Crippen LogP contribution in [0.4, 0.5) is 0 Å². The van der Waals surface area contributed by atoms with Crippen LogP contribution in [0.1, 0.15) is 48.4 Å².